The Bertz CT molecular complexity index is 1610. The van der Waals surface area contributed by atoms with Gasteiger partial charge < -0.3 is 14.6 Å². The van der Waals surface area contributed by atoms with Crippen LogP contribution < -0.4 is 14.4 Å². The van der Waals surface area contributed by atoms with E-state index in [9.17, 15) is 14.7 Å². The first-order valence-electron chi connectivity index (χ1n) is 13.4. The van der Waals surface area contributed by atoms with Crippen molar-refractivity contribution in [3.8, 4) is 11.5 Å². The van der Waals surface area contributed by atoms with Gasteiger partial charge in [-0.2, -0.15) is 0 Å². The summed E-state index contributed by atoms with van der Waals surface area (Å²) in [5.41, 5.74) is 3.65. The fraction of sp³-hybridized carbons (Fsp3) is 0.281. The number of thiazole rings is 1. The topological polar surface area (TPSA) is 89.0 Å². The second-order valence-corrected chi connectivity index (χ2v) is 11.0. The van der Waals surface area contributed by atoms with Gasteiger partial charge in [-0.1, -0.05) is 60.9 Å². The zero-order valence-electron chi connectivity index (χ0n) is 23.1. The predicted molar refractivity (Wildman–Crippen MR) is 158 cm³/mol. The number of aliphatic hydroxyl groups is 1. The van der Waals surface area contributed by atoms with Crippen LogP contribution in [0.5, 0.6) is 11.5 Å². The summed E-state index contributed by atoms with van der Waals surface area (Å²) in [5, 5.41) is 11.9. The van der Waals surface area contributed by atoms with Crippen LogP contribution in [-0.4, -0.2) is 35.5 Å². The Morgan fingerprint density at radius 3 is 2.48 bits per heavy atom. The number of rotatable bonds is 9. The van der Waals surface area contributed by atoms with Crippen molar-refractivity contribution in [1.82, 2.24) is 4.98 Å². The number of unbranched alkanes of at least 4 members (excludes halogenated alkanes) is 2. The number of hydrogen-bond donors (Lipinski definition) is 1. The minimum absolute atomic E-state index is 0.0344. The van der Waals surface area contributed by atoms with Gasteiger partial charge in [-0.3, -0.25) is 14.5 Å². The van der Waals surface area contributed by atoms with Crippen molar-refractivity contribution in [3.05, 3.63) is 88.5 Å². The lowest BCUT2D eigenvalue weighted by molar-refractivity contribution is -0.132. The van der Waals surface area contributed by atoms with E-state index in [-0.39, 0.29) is 11.3 Å². The smallest absolute Gasteiger partial charge is 0.301 e. The summed E-state index contributed by atoms with van der Waals surface area (Å²) >= 11 is 1.30. The molecule has 1 aliphatic rings. The van der Waals surface area contributed by atoms with Crippen molar-refractivity contribution in [3.63, 3.8) is 0 Å². The highest BCUT2D eigenvalue weighted by molar-refractivity contribution is 7.22. The molecule has 1 unspecified atom stereocenters. The molecule has 1 amide bonds. The lowest BCUT2D eigenvalue weighted by Gasteiger charge is -2.23. The van der Waals surface area contributed by atoms with Gasteiger partial charge >= 0.3 is 5.91 Å². The number of ether oxygens (including phenoxy) is 2. The monoisotopic (exact) mass is 556 g/mol. The van der Waals surface area contributed by atoms with Crippen molar-refractivity contribution < 1.29 is 24.2 Å². The molecule has 0 radical (unpaired) electrons. The van der Waals surface area contributed by atoms with E-state index in [1.54, 1.807) is 13.2 Å². The normalized spacial score (nSPS) is 16.6. The number of aromatic nitrogens is 1. The van der Waals surface area contributed by atoms with Crippen LogP contribution in [0.1, 0.15) is 54.5 Å². The lowest BCUT2D eigenvalue weighted by Crippen LogP contribution is -2.29. The van der Waals surface area contributed by atoms with Crippen molar-refractivity contribution in [2.24, 2.45) is 0 Å². The molecule has 4 aromatic rings. The van der Waals surface area contributed by atoms with Crippen LogP contribution in [0.25, 0.3) is 16.0 Å². The molecule has 8 heteroatoms. The second kappa shape index (κ2) is 11.5. The number of fused-ring (bicyclic) bond motifs is 1. The number of Topliss-reactive ketones (excluding diaryl/α,β-unsaturated/α-hetero) is 1. The first-order chi connectivity index (χ1) is 19.3. The molecule has 0 bridgehead atoms. The van der Waals surface area contributed by atoms with Crippen molar-refractivity contribution in [2.75, 3.05) is 18.6 Å². The first kappa shape index (κ1) is 27.4. The molecule has 1 aromatic heterocycles. The number of benzene rings is 3. The summed E-state index contributed by atoms with van der Waals surface area (Å²) in [6.07, 6.45) is 3.18. The molecule has 1 aliphatic heterocycles. The third-order valence-corrected chi connectivity index (χ3v) is 8.11. The zero-order chi connectivity index (χ0) is 28.4. The Kier molecular flexibility index (Phi) is 7.89. The third-order valence-electron chi connectivity index (χ3n) is 7.10. The van der Waals surface area contributed by atoms with Crippen LogP contribution in [0.3, 0.4) is 0 Å². The SMILES string of the molecule is CCCCCOc1ccc(C2C(=C(O)c3cc(C)ccc3C)C(=O)C(=O)N2c2nc3ccc(OC)cc3s2)cc1. The maximum absolute atomic E-state index is 13.6. The number of ketones is 1. The van der Waals surface area contributed by atoms with E-state index >= 15 is 0 Å². The van der Waals surface area contributed by atoms with Crippen LogP contribution in [0.4, 0.5) is 5.13 Å². The number of amides is 1. The second-order valence-electron chi connectivity index (χ2n) is 9.94. The van der Waals surface area contributed by atoms with Crippen LogP contribution in [0, 0.1) is 13.8 Å². The van der Waals surface area contributed by atoms with E-state index in [2.05, 4.69) is 6.92 Å². The highest BCUT2D eigenvalue weighted by atomic mass is 32.1. The average Bonchev–Trinajstić information content (AvgIpc) is 3.49. The van der Waals surface area contributed by atoms with Gasteiger partial charge in [0.05, 0.1) is 35.5 Å². The summed E-state index contributed by atoms with van der Waals surface area (Å²) in [6, 6.07) is 17.6. The van der Waals surface area contributed by atoms with Gasteiger partial charge in [0.2, 0.25) is 0 Å². The van der Waals surface area contributed by atoms with Gasteiger partial charge in [-0.15, -0.1) is 0 Å². The highest BCUT2D eigenvalue weighted by Crippen LogP contribution is 2.45. The molecule has 1 atom stereocenters. The van der Waals surface area contributed by atoms with Gasteiger partial charge in [0, 0.05) is 5.56 Å². The summed E-state index contributed by atoms with van der Waals surface area (Å²) in [6.45, 7) is 6.55. The Labute approximate surface area is 237 Å². The standard InChI is InChI=1S/C32H32N2O5S/c1-5-6-7-16-39-22-12-10-21(11-13-22)28-27(29(35)24-17-19(2)8-9-20(24)3)30(36)31(37)34(28)32-33-25-15-14-23(38-4)18-26(25)40-32/h8-15,17-18,28,35H,5-7,16H2,1-4H3. The number of nitrogens with zero attached hydrogens (tertiary/aromatic N) is 2. The van der Waals surface area contributed by atoms with E-state index in [0.717, 1.165) is 35.1 Å². The number of aryl methyl sites for hydroxylation is 2. The molecule has 2 heterocycles. The molecule has 3 aromatic carbocycles. The van der Waals surface area contributed by atoms with Gasteiger partial charge in [-0.05, 0) is 67.8 Å². The molecular formula is C32H32N2O5S. The zero-order valence-corrected chi connectivity index (χ0v) is 23.9. The van der Waals surface area contributed by atoms with Crippen molar-refractivity contribution >= 4 is 44.1 Å². The van der Waals surface area contributed by atoms with Gasteiger partial charge in [-0.25, -0.2) is 4.98 Å². The largest absolute Gasteiger partial charge is 0.507 e. The van der Waals surface area contributed by atoms with Gasteiger partial charge in [0.25, 0.3) is 5.78 Å². The molecule has 5 rings (SSSR count). The number of aliphatic hydroxyl groups excluding tert-OH is 1. The summed E-state index contributed by atoms with van der Waals surface area (Å²) in [5.74, 6) is -0.304. The van der Waals surface area contributed by atoms with Crippen LogP contribution in [-0.2, 0) is 9.59 Å². The lowest BCUT2D eigenvalue weighted by atomic mass is 9.93. The van der Waals surface area contributed by atoms with E-state index in [1.165, 1.54) is 16.2 Å². The van der Waals surface area contributed by atoms with Gasteiger partial charge in [0.1, 0.15) is 17.3 Å². The molecule has 206 valence electrons. The average molecular weight is 557 g/mol. The molecule has 0 saturated carbocycles. The Hall–Kier alpha value is -4.17. The molecular weight excluding hydrogens is 524 g/mol. The number of methoxy groups -OCH3 is 1. The van der Waals surface area contributed by atoms with Crippen molar-refractivity contribution in [2.45, 2.75) is 46.1 Å². The molecule has 0 spiro atoms. The first-order valence-corrected chi connectivity index (χ1v) is 14.2. The summed E-state index contributed by atoms with van der Waals surface area (Å²) < 4.78 is 12.1. The quantitative estimate of drug-likeness (QED) is 0.102. The van der Waals surface area contributed by atoms with E-state index in [4.69, 9.17) is 14.5 Å². The molecule has 1 saturated heterocycles. The number of carbonyl (C=O) groups is 2. The molecule has 40 heavy (non-hydrogen) atoms. The van der Waals surface area contributed by atoms with E-state index in [1.807, 2.05) is 68.4 Å². The maximum Gasteiger partial charge on any atom is 0.301 e. The Balaban J connectivity index is 1.63. The maximum atomic E-state index is 13.6. The molecule has 1 N–H and O–H groups in total. The van der Waals surface area contributed by atoms with Gasteiger partial charge in [0.15, 0.2) is 5.13 Å². The molecule has 1 fully saturated rings. The Morgan fingerprint density at radius 2 is 1.75 bits per heavy atom. The fourth-order valence-corrected chi connectivity index (χ4v) is 5.91. The highest BCUT2D eigenvalue weighted by Gasteiger charge is 2.48. The predicted octanol–water partition coefficient (Wildman–Crippen LogP) is 7.12. The van der Waals surface area contributed by atoms with Crippen LogP contribution in [0.2, 0.25) is 0 Å². The summed E-state index contributed by atoms with van der Waals surface area (Å²) in [7, 11) is 1.59. The number of anilines is 1. The third kappa shape index (κ3) is 5.19. The number of hydrogen-bond acceptors (Lipinski definition) is 7. The minimum atomic E-state index is -0.864. The van der Waals surface area contributed by atoms with E-state index in [0.29, 0.717) is 39.9 Å². The minimum Gasteiger partial charge on any atom is -0.507 e. The number of carbonyl (C=O) groups excluding carboxylic acids is 2. The van der Waals surface area contributed by atoms with Crippen LogP contribution >= 0.6 is 11.3 Å². The van der Waals surface area contributed by atoms with Crippen molar-refractivity contribution in [1.29, 1.82) is 0 Å². The molecule has 7 nitrogen and oxygen atoms in total. The fourth-order valence-electron chi connectivity index (χ4n) is 4.89. The summed E-state index contributed by atoms with van der Waals surface area (Å²) in [4.78, 5) is 33.3. The molecule has 0 aliphatic carbocycles. The van der Waals surface area contributed by atoms with Crippen LogP contribution in [0.15, 0.2) is 66.2 Å². The Morgan fingerprint density at radius 1 is 1.00 bits per heavy atom. The van der Waals surface area contributed by atoms with E-state index < -0.39 is 17.7 Å².